The lowest BCUT2D eigenvalue weighted by atomic mass is 10.1. The maximum atomic E-state index is 13.1. The number of amides is 2. The van der Waals surface area contributed by atoms with Crippen molar-refractivity contribution >= 4 is 11.8 Å². The lowest BCUT2D eigenvalue weighted by Gasteiger charge is -2.35. The van der Waals surface area contributed by atoms with Gasteiger partial charge in [0.1, 0.15) is 0 Å². The van der Waals surface area contributed by atoms with Crippen LogP contribution >= 0.6 is 0 Å². The smallest absolute Gasteiger partial charge is 0.274 e. The second kappa shape index (κ2) is 9.50. The quantitative estimate of drug-likeness (QED) is 0.756. The summed E-state index contributed by atoms with van der Waals surface area (Å²) >= 11 is 0. The van der Waals surface area contributed by atoms with Gasteiger partial charge in [-0.1, -0.05) is 26.7 Å². The second-order valence-corrected chi connectivity index (χ2v) is 10.1. The molecule has 0 unspecified atom stereocenters. The standard InChI is InChI=1S/C23H39N5O2/c1-18(2)20-16-19(24-28(20)23(3,4)5)22(30)27-14-12-25(13-15-27)17-21(29)26-10-8-6-7-9-11-26/h16,18H,6-15,17H2,1-5H3. The first-order valence-electron chi connectivity index (χ1n) is 11.6. The molecule has 0 N–H and O–H groups in total. The zero-order valence-corrected chi connectivity index (χ0v) is 19.5. The van der Waals surface area contributed by atoms with E-state index in [9.17, 15) is 9.59 Å². The molecule has 0 atom stereocenters. The molecule has 0 spiro atoms. The van der Waals surface area contributed by atoms with Crippen molar-refractivity contribution in [2.24, 2.45) is 0 Å². The molecule has 2 fully saturated rings. The van der Waals surface area contributed by atoms with E-state index in [1.54, 1.807) is 0 Å². The zero-order chi connectivity index (χ0) is 21.9. The van der Waals surface area contributed by atoms with Crippen LogP contribution in [0.1, 0.15) is 82.4 Å². The minimum Gasteiger partial charge on any atom is -0.342 e. The summed E-state index contributed by atoms with van der Waals surface area (Å²) in [5.41, 5.74) is 1.46. The second-order valence-electron chi connectivity index (χ2n) is 10.1. The summed E-state index contributed by atoms with van der Waals surface area (Å²) in [5, 5.41) is 4.67. The Bertz CT molecular complexity index is 733. The molecule has 2 saturated heterocycles. The van der Waals surface area contributed by atoms with Gasteiger partial charge in [0.25, 0.3) is 5.91 Å². The molecule has 1 aromatic rings. The van der Waals surface area contributed by atoms with Gasteiger partial charge in [-0.3, -0.25) is 19.2 Å². The predicted octanol–water partition coefficient (Wildman–Crippen LogP) is 2.92. The van der Waals surface area contributed by atoms with Crippen LogP contribution in [-0.2, 0) is 10.3 Å². The number of carbonyl (C=O) groups excluding carboxylic acids is 2. The predicted molar refractivity (Wildman–Crippen MR) is 119 cm³/mol. The first-order chi connectivity index (χ1) is 14.2. The van der Waals surface area contributed by atoms with E-state index in [0.717, 1.165) is 44.7 Å². The first-order valence-corrected chi connectivity index (χ1v) is 11.6. The summed E-state index contributed by atoms with van der Waals surface area (Å²) in [6.07, 6.45) is 4.70. The van der Waals surface area contributed by atoms with Gasteiger partial charge in [-0.25, -0.2) is 0 Å². The van der Waals surface area contributed by atoms with Crippen LogP contribution in [0.15, 0.2) is 6.07 Å². The third-order valence-electron chi connectivity index (χ3n) is 6.16. The molecular weight excluding hydrogens is 378 g/mol. The van der Waals surface area contributed by atoms with Gasteiger partial charge in [0.2, 0.25) is 5.91 Å². The Balaban J connectivity index is 1.57. The average Bonchev–Trinajstić information content (AvgIpc) is 2.98. The molecule has 30 heavy (non-hydrogen) atoms. The maximum absolute atomic E-state index is 13.1. The molecule has 168 valence electrons. The largest absolute Gasteiger partial charge is 0.342 e. The minimum atomic E-state index is -0.162. The van der Waals surface area contributed by atoms with Crippen molar-refractivity contribution in [2.75, 3.05) is 45.8 Å². The highest BCUT2D eigenvalue weighted by Crippen LogP contribution is 2.24. The Morgan fingerprint density at radius 3 is 2.03 bits per heavy atom. The normalized spacial score (nSPS) is 19.3. The number of hydrogen-bond acceptors (Lipinski definition) is 4. The van der Waals surface area contributed by atoms with Gasteiger partial charge in [0, 0.05) is 45.0 Å². The van der Waals surface area contributed by atoms with Crippen molar-refractivity contribution in [2.45, 2.75) is 71.8 Å². The van der Waals surface area contributed by atoms with E-state index >= 15 is 0 Å². The monoisotopic (exact) mass is 417 g/mol. The van der Waals surface area contributed by atoms with E-state index in [4.69, 9.17) is 0 Å². The Morgan fingerprint density at radius 1 is 0.933 bits per heavy atom. The highest BCUT2D eigenvalue weighted by Gasteiger charge is 2.29. The lowest BCUT2D eigenvalue weighted by molar-refractivity contribution is -0.132. The fourth-order valence-corrected chi connectivity index (χ4v) is 4.33. The fourth-order valence-electron chi connectivity index (χ4n) is 4.33. The van der Waals surface area contributed by atoms with Crippen molar-refractivity contribution in [3.8, 4) is 0 Å². The van der Waals surface area contributed by atoms with Crippen molar-refractivity contribution in [3.63, 3.8) is 0 Å². The number of likely N-dealkylation sites (tertiary alicyclic amines) is 1. The van der Waals surface area contributed by atoms with Crippen LogP contribution in [-0.4, -0.2) is 82.1 Å². The van der Waals surface area contributed by atoms with Crippen LogP contribution in [0.3, 0.4) is 0 Å². The number of piperazine rings is 1. The number of hydrogen-bond donors (Lipinski definition) is 0. The van der Waals surface area contributed by atoms with Crippen molar-refractivity contribution in [1.82, 2.24) is 24.5 Å². The van der Waals surface area contributed by atoms with Crippen molar-refractivity contribution in [3.05, 3.63) is 17.5 Å². The molecule has 0 aliphatic carbocycles. The molecular formula is C23H39N5O2. The minimum absolute atomic E-state index is 0.00149. The summed E-state index contributed by atoms with van der Waals surface area (Å²) in [6, 6.07) is 1.95. The van der Waals surface area contributed by atoms with Gasteiger partial charge in [-0.05, 0) is 45.6 Å². The van der Waals surface area contributed by atoms with Crippen LogP contribution in [0.25, 0.3) is 0 Å². The van der Waals surface area contributed by atoms with Gasteiger partial charge in [0.05, 0.1) is 12.1 Å². The Labute approximate surface area is 181 Å². The van der Waals surface area contributed by atoms with Crippen LogP contribution < -0.4 is 0 Å². The zero-order valence-electron chi connectivity index (χ0n) is 19.5. The number of nitrogens with zero attached hydrogens (tertiary/aromatic N) is 5. The summed E-state index contributed by atoms with van der Waals surface area (Å²) in [6.45, 7) is 15.6. The van der Waals surface area contributed by atoms with Crippen LogP contribution in [0.4, 0.5) is 0 Å². The highest BCUT2D eigenvalue weighted by atomic mass is 16.2. The molecule has 0 bridgehead atoms. The number of carbonyl (C=O) groups is 2. The molecule has 3 rings (SSSR count). The molecule has 0 saturated carbocycles. The van der Waals surface area contributed by atoms with Gasteiger partial charge in [-0.2, -0.15) is 5.10 Å². The fraction of sp³-hybridized carbons (Fsp3) is 0.783. The van der Waals surface area contributed by atoms with E-state index in [1.165, 1.54) is 12.8 Å². The number of aromatic nitrogens is 2. The summed E-state index contributed by atoms with van der Waals surface area (Å²) in [7, 11) is 0. The Hall–Kier alpha value is -1.89. The molecule has 2 aliphatic rings. The third kappa shape index (κ3) is 5.42. The van der Waals surface area contributed by atoms with E-state index in [1.807, 2.05) is 20.5 Å². The Morgan fingerprint density at radius 2 is 1.53 bits per heavy atom. The van der Waals surface area contributed by atoms with Crippen LogP contribution in [0, 0.1) is 0 Å². The molecule has 0 aromatic carbocycles. The van der Waals surface area contributed by atoms with Crippen LogP contribution in [0.2, 0.25) is 0 Å². The first kappa shape index (κ1) is 22.8. The molecule has 7 heteroatoms. The van der Waals surface area contributed by atoms with Gasteiger partial charge < -0.3 is 9.80 Å². The summed E-state index contributed by atoms with van der Waals surface area (Å²) < 4.78 is 1.99. The van der Waals surface area contributed by atoms with Crippen LogP contribution in [0.5, 0.6) is 0 Å². The SMILES string of the molecule is CC(C)c1cc(C(=O)N2CCN(CC(=O)N3CCCCCC3)CC2)nn1C(C)(C)C. The summed E-state index contributed by atoms with van der Waals surface area (Å²) in [5.74, 6) is 0.542. The van der Waals surface area contributed by atoms with Crippen molar-refractivity contribution < 1.29 is 9.59 Å². The lowest BCUT2D eigenvalue weighted by Crippen LogP contribution is -2.51. The highest BCUT2D eigenvalue weighted by molar-refractivity contribution is 5.92. The van der Waals surface area contributed by atoms with Crippen molar-refractivity contribution in [1.29, 1.82) is 0 Å². The number of rotatable bonds is 4. The molecule has 0 radical (unpaired) electrons. The van der Waals surface area contributed by atoms with E-state index in [0.29, 0.717) is 31.2 Å². The maximum Gasteiger partial charge on any atom is 0.274 e. The third-order valence-corrected chi connectivity index (χ3v) is 6.16. The van der Waals surface area contributed by atoms with Gasteiger partial charge in [0.15, 0.2) is 5.69 Å². The Kier molecular flexibility index (Phi) is 7.22. The molecule has 7 nitrogen and oxygen atoms in total. The van der Waals surface area contributed by atoms with Gasteiger partial charge in [-0.15, -0.1) is 0 Å². The van der Waals surface area contributed by atoms with Gasteiger partial charge >= 0.3 is 0 Å². The van der Waals surface area contributed by atoms with E-state index < -0.39 is 0 Å². The summed E-state index contributed by atoms with van der Waals surface area (Å²) in [4.78, 5) is 31.8. The van der Waals surface area contributed by atoms with E-state index in [2.05, 4.69) is 44.6 Å². The molecule has 3 heterocycles. The van der Waals surface area contributed by atoms with E-state index in [-0.39, 0.29) is 17.4 Å². The topological polar surface area (TPSA) is 61.7 Å². The average molecular weight is 418 g/mol. The molecule has 2 aliphatic heterocycles. The molecule has 1 aromatic heterocycles. The molecule has 2 amide bonds.